The minimum Gasteiger partial charge on any atom is -0.491 e. The molecule has 6 nitrogen and oxygen atoms in total. The van der Waals surface area contributed by atoms with Gasteiger partial charge in [0, 0.05) is 19.2 Å². The minimum atomic E-state index is -0.461. The maximum Gasteiger partial charge on any atom is 0.310 e. The quantitative estimate of drug-likeness (QED) is 0.546. The molecule has 0 aliphatic heterocycles. The van der Waals surface area contributed by atoms with Crippen LogP contribution < -0.4 is 4.74 Å². The van der Waals surface area contributed by atoms with Crippen LogP contribution in [-0.2, 0) is 14.3 Å². The summed E-state index contributed by atoms with van der Waals surface area (Å²) in [6.07, 6.45) is 3.18. The first-order valence-electron chi connectivity index (χ1n) is 8.29. The first-order chi connectivity index (χ1) is 11.9. The number of aliphatic hydroxyl groups excluding tert-OH is 1. The Bertz CT molecular complexity index is 597. The van der Waals surface area contributed by atoms with Crippen molar-refractivity contribution in [1.82, 2.24) is 4.90 Å². The van der Waals surface area contributed by atoms with E-state index in [0.717, 1.165) is 11.3 Å². The van der Waals surface area contributed by atoms with Gasteiger partial charge in [0.05, 0.1) is 25.7 Å². The lowest BCUT2D eigenvalue weighted by atomic mass is 10.1. The summed E-state index contributed by atoms with van der Waals surface area (Å²) in [6, 6.07) is 7.42. The van der Waals surface area contributed by atoms with Crippen LogP contribution in [0.15, 0.2) is 30.3 Å². The topological polar surface area (TPSA) is 76.1 Å². The van der Waals surface area contributed by atoms with Crippen LogP contribution in [0, 0.1) is 5.92 Å². The van der Waals surface area contributed by atoms with Crippen LogP contribution in [0.4, 0.5) is 0 Å². The van der Waals surface area contributed by atoms with Crippen LogP contribution in [-0.4, -0.2) is 54.8 Å². The molecule has 0 bridgehead atoms. The monoisotopic (exact) mass is 349 g/mol. The summed E-state index contributed by atoms with van der Waals surface area (Å²) in [7, 11) is 1.31. The molecule has 0 heterocycles. The third kappa shape index (κ3) is 7.39. The highest BCUT2D eigenvalue weighted by Gasteiger charge is 2.19. The zero-order chi connectivity index (χ0) is 18.8. The fraction of sp³-hybridized carbons (Fsp3) is 0.474. The molecule has 0 aliphatic carbocycles. The van der Waals surface area contributed by atoms with Crippen molar-refractivity contribution in [2.24, 2.45) is 5.92 Å². The van der Waals surface area contributed by atoms with Crippen LogP contribution in [0.5, 0.6) is 5.75 Å². The number of methoxy groups -OCH3 is 1. The molecule has 0 aliphatic rings. The van der Waals surface area contributed by atoms with E-state index >= 15 is 0 Å². The summed E-state index contributed by atoms with van der Waals surface area (Å²) in [5.41, 5.74) is 0.830. The average Bonchev–Trinajstić information content (AvgIpc) is 2.58. The number of nitrogens with zero attached hydrogens (tertiary/aromatic N) is 1. The smallest absolute Gasteiger partial charge is 0.310 e. The molecule has 1 rings (SSSR count). The lowest BCUT2D eigenvalue weighted by molar-refractivity contribution is -0.146. The van der Waals surface area contributed by atoms with Crippen molar-refractivity contribution >= 4 is 18.0 Å². The standard InChI is InChI=1S/C19H27NO5/c1-14(2)25-17-7-5-6-16(12-17)8-9-18(22)20(10-11-21)13-15(3)19(23)24-4/h5-9,12,14-15,21H,10-11,13H2,1-4H3/b9-8+. The molecule has 1 aromatic carbocycles. The van der Waals surface area contributed by atoms with Gasteiger partial charge < -0.3 is 19.5 Å². The van der Waals surface area contributed by atoms with Crippen LogP contribution >= 0.6 is 0 Å². The number of ether oxygens (including phenoxy) is 2. The molecule has 1 N–H and O–H groups in total. The summed E-state index contributed by atoms with van der Waals surface area (Å²) in [6.45, 7) is 5.74. The fourth-order valence-corrected chi connectivity index (χ4v) is 2.26. The van der Waals surface area contributed by atoms with Crippen LogP contribution in [0.1, 0.15) is 26.3 Å². The van der Waals surface area contributed by atoms with Crippen molar-refractivity contribution in [2.45, 2.75) is 26.9 Å². The molecule has 1 amide bonds. The van der Waals surface area contributed by atoms with E-state index in [0.29, 0.717) is 0 Å². The van der Waals surface area contributed by atoms with E-state index in [1.807, 2.05) is 38.1 Å². The molecule has 0 spiro atoms. The number of amides is 1. The zero-order valence-electron chi connectivity index (χ0n) is 15.3. The number of hydrogen-bond donors (Lipinski definition) is 1. The van der Waals surface area contributed by atoms with Gasteiger partial charge in [0.2, 0.25) is 5.91 Å². The number of benzene rings is 1. The van der Waals surface area contributed by atoms with Crippen molar-refractivity contribution in [3.63, 3.8) is 0 Å². The van der Waals surface area contributed by atoms with Gasteiger partial charge in [0.1, 0.15) is 5.75 Å². The van der Waals surface area contributed by atoms with Gasteiger partial charge in [-0.05, 0) is 37.6 Å². The van der Waals surface area contributed by atoms with Crippen LogP contribution in [0.25, 0.3) is 6.08 Å². The molecule has 1 unspecified atom stereocenters. The van der Waals surface area contributed by atoms with Gasteiger partial charge >= 0.3 is 5.97 Å². The van der Waals surface area contributed by atoms with Crippen molar-refractivity contribution in [3.05, 3.63) is 35.9 Å². The summed E-state index contributed by atoms with van der Waals surface area (Å²) in [5, 5.41) is 9.15. The molecular weight excluding hydrogens is 322 g/mol. The Kier molecular flexibility index (Phi) is 8.70. The third-order valence-corrected chi connectivity index (χ3v) is 3.43. The van der Waals surface area contributed by atoms with Crippen molar-refractivity contribution in [3.8, 4) is 5.75 Å². The molecule has 0 fully saturated rings. The first kappa shape index (κ1) is 20.7. The Balaban J connectivity index is 2.78. The van der Waals surface area contributed by atoms with Crippen LogP contribution in [0.3, 0.4) is 0 Å². The highest BCUT2D eigenvalue weighted by atomic mass is 16.5. The highest BCUT2D eigenvalue weighted by molar-refractivity contribution is 5.92. The second kappa shape index (κ2) is 10.5. The molecule has 1 atom stereocenters. The number of rotatable bonds is 9. The van der Waals surface area contributed by atoms with E-state index in [4.69, 9.17) is 9.84 Å². The fourth-order valence-electron chi connectivity index (χ4n) is 2.26. The maximum atomic E-state index is 12.4. The Hall–Kier alpha value is -2.34. The Labute approximate surface area is 149 Å². The predicted octanol–water partition coefficient (Wildman–Crippen LogP) is 2.12. The number of carbonyl (C=O) groups is 2. The van der Waals surface area contributed by atoms with Gasteiger partial charge in [-0.2, -0.15) is 0 Å². The average molecular weight is 349 g/mol. The Morgan fingerprint density at radius 3 is 2.60 bits per heavy atom. The van der Waals surface area contributed by atoms with E-state index < -0.39 is 11.9 Å². The third-order valence-electron chi connectivity index (χ3n) is 3.43. The van der Waals surface area contributed by atoms with Gasteiger partial charge in [-0.15, -0.1) is 0 Å². The number of carbonyl (C=O) groups excluding carboxylic acids is 2. The lowest BCUT2D eigenvalue weighted by Gasteiger charge is -2.22. The molecular formula is C19H27NO5. The molecule has 1 aromatic rings. The summed E-state index contributed by atoms with van der Waals surface area (Å²) >= 11 is 0. The summed E-state index contributed by atoms with van der Waals surface area (Å²) < 4.78 is 10.3. The maximum absolute atomic E-state index is 12.4. The summed E-state index contributed by atoms with van der Waals surface area (Å²) in [5.74, 6) is -0.397. The number of esters is 1. The zero-order valence-corrected chi connectivity index (χ0v) is 15.3. The van der Waals surface area contributed by atoms with E-state index in [1.165, 1.54) is 18.1 Å². The highest BCUT2D eigenvalue weighted by Crippen LogP contribution is 2.16. The largest absolute Gasteiger partial charge is 0.491 e. The minimum absolute atomic E-state index is 0.0701. The Morgan fingerprint density at radius 1 is 1.28 bits per heavy atom. The van der Waals surface area contributed by atoms with Gasteiger partial charge in [-0.3, -0.25) is 9.59 Å². The van der Waals surface area contributed by atoms with Crippen molar-refractivity contribution in [2.75, 3.05) is 26.8 Å². The van der Waals surface area contributed by atoms with Gasteiger partial charge in [0.25, 0.3) is 0 Å². The predicted molar refractivity (Wildman–Crippen MR) is 96.1 cm³/mol. The second-order valence-electron chi connectivity index (χ2n) is 6.00. The SMILES string of the molecule is COC(=O)C(C)CN(CCO)C(=O)/C=C/c1cccc(OC(C)C)c1. The van der Waals surface area contributed by atoms with E-state index in [1.54, 1.807) is 13.0 Å². The summed E-state index contributed by atoms with van der Waals surface area (Å²) in [4.78, 5) is 25.3. The van der Waals surface area contributed by atoms with E-state index in [-0.39, 0.29) is 31.7 Å². The van der Waals surface area contributed by atoms with Gasteiger partial charge in [0.15, 0.2) is 0 Å². The first-order valence-corrected chi connectivity index (χ1v) is 8.29. The molecule has 0 saturated carbocycles. The van der Waals surface area contributed by atoms with E-state index in [2.05, 4.69) is 4.74 Å². The number of aliphatic hydroxyl groups is 1. The molecule has 0 saturated heterocycles. The van der Waals surface area contributed by atoms with Crippen molar-refractivity contribution in [1.29, 1.82) is 0 Å². The lowest BCUT2D eigenvalue weighted by Crippen LogP contribution is -2.38. The van der Waals surface area contributed by atoms with Gasteiger partial charge in [-0.25, -0.2) is 0 Å². The molecule has 6 heteroatoms. The molecule has 0 radical (unpaired) electrons. The van der Waals surface area contributed by atoms with Gasteiger partial charge in [-0.1, -0.05) is 19.1 Å². The Morgan fingerprint density at radius 2 is 2.00 bits per heavy atom. The molecule has 0 aromatic heterocycles. The number of hydrogen-bond acceptors (Lipinski definition) is 5. The second-order valence-corrected chi connectivity index (χ2v) is 6.00. The normalized spacial score (nSPS) is 12.2. The molecule has 25 heavy (non-hydrogen) atoms. The van der Waals surface area contributed by atoms with Crippen LogP contribution in [0.2, 0.25) is 0 Å². The van der Waals surface area contributed by atoms with E-state index in [9.17, 15) is 9.59 Å². The molecule has 138 valence electrons. The van der Waals surface area contributed by atoms with Crippen molar-refractivity contribution < 1.29 is 24.2 Å².